The highest BCUT2D eigenvalue weighted by Gasteiger charge is 2.28. The zero-order chi connectivity index (χ0) is 25.2. The van der Waals surface area contributed by atoms with E-state index < -0.39 is 11.7 Å². The normalized spacial score (nSPS) is 15.7. The van der Waals surface area contributed by atoms with Crippen molar-refractivity contribution in [2.75, 3.05) is 38.2 Å². The van der Waals surface area contributed by atoms with Gasteiger partial charge in [-0.2, -0.15) is 0 Å². The Labute approximate surface area is 207 Å². The van der Waals surface area contributed by atoms with Crippen molar-refractivity contribution in [1.29, 1.82) is 0 Å². The van der Waals surface area contributed by atoms with Crippen LogP contribution in [0.4, 0.5) is 15.0 Å². The molecule has 0 bridgehead atoms. The van der Waals surface area contributed by atoms with Crippen LogP contribution in [-0.2, 0) is 17.7 Å². The smallest absolute Gasteiger partial charge is 0.320 e. The Morgan fingerprint density at radius 1 is 1.08 bits per heavy atom. The number of rotatable bonds is 4. The average Bonchev–Trinajstić information content (AvgIpc) is 3.39. The van der Waals surface area contributed by atoms with Crippen LogP contribution in [0, 0.1) is 5.82 Å². The molecule has 188 valence electrons. The first-order chi connectivity index (χ1) is 17.4. The molecule has 1 N–H and O–H groups in total. The lowest BCUT2D eigenvalue weighted by Gasteiger charge is -2.35. The van der Waals surface area contributed by atoms with E-state index in [2.05, 4.69) is 25.8 Å². The van der Waals surface area contributed by atoms with Gasteiger partial charge in [-0.05, 0) is 66.1 Å². The first kappa shape index (κ1) is 23.8. The van der Waals surface area contributed by atoms with Gasteiger partial charge >= 0.3 is 6.03 Å². The van der Waals surface area contributed by atoms with Gasteiger partial charge in [-0.25, -0.2) is 18.9 Å². The molecule has 11 nitrogen and oxygen atoms in total. The molecule has 2 aliphatic rings. The van der Waals surface area contributed by atoms with E-state index >= 15 is 0 Å². The monoisotopic (exact) mass is 494 g/mol. The Morgan fingerprint density at radius 2 is 1.89 bits per heavy atom. The Bertz CT molecular complexity index is 1290. The molecule has 1 fully saturated rings. The Kier molecular flexibility index (Phi) is 6.59. The van der Waals surface area contributed by atoms with E-state index in [4.69, 9.17) is 4.74 Å². The minimum atomic E-state index is -0.625. The van der Waals surface area contributed by atoms with Crippen molar-refractivity contribution >= 4 is 17.8 Å². The molecule has 0 atom stereocenters. The van der Waals surface area contributed by atoms with E-state index in [0.29, 0.717) is 57.3 Å². The maximum absolute atomic E-state index is 14.9. The molecule has 2 aromatic heterocycles. The number of nitrogens with zero attached hydrogens (tertiary/aromatic N) is 7. The molecule has 3 aromatic rings. The van der Waals surface area contributed by atoms with E-state index in [1.807, 2.05) is 13.8 Å². The second kappa shape index (κ2) is 9.97. The number of amides is 3. The van der Waals surface area contributed by atoms with Crippen LogP contribution in [0.5, 0.6) is 0 Å². The van der Waals surface area contributed by atoms with Crippen molar-refractivity contribution in [3.8, 4) is 11.5 Å². The number of aromatic nitrogens is 5. The van der Waals surface area contributed by atoms with E-state index in [1.54, 1.807) is 32.7 Å². The van der Waals surface area contributed by atoms with Gasteiger partial charge in [0.2, 0.25) is 5.82 Å². The van der Waals surface area contributed by atoms with Gasteiger partial charge in [-0.3, -0.25) is 4.79 Å². The number of tetrazole rings is 1. The minimum Gasteiger partial charge on any atom is -0.378 e. The maximum Gasteiger partial charge on any atom is 0.320 e. The molecule has 4 heterocycles. The van der Waals surface area contributed by atoms with Gasteiger partial charge in [0.25, 0.3) is 5.91 Å². The van der Waals surface area contributed by atoms with Gasteiger partial charge in [0, 0.05) is 26.2 Å². The SMILES string of the molecule is CC(C)n1nnnc1-c1cccc(NC(=O)c2cc3c(cc2F)CCN(C(=O)N2CCOCC2)C3)n1. The largest absolute Gasteiger partial charge is 0.378 e. The number of morpholine rings is 1. The van der Waals surface area contributed by atoms with Crippen molar-refractivity contribution in [3.63, 3.8) is 0 Å². The number of carbonyl (C=O) groups is 2. The Balaban J connectivity index is 1.34. The highest BCUT2D eigenvalue weighted by molar-refractivity contribution is 6.04. The van der Waals surface area contributed by atoms with Crippen LogP contribution < -0.4 is 5.32 Å². The molecule has 3 amide bonds. The van der Waals surface area contributed by atoms with Gasteiger partial charge < -0.3 is 19.9 Å². The van der Waals surface area contributed by atoms with Gasteiger partial charge in [-0.15, -0.1) is 5.10 Å². The van der Waals surface area contributed by atoms with Crippen molar-refractivity contribution < 1.29 is 18.7 Å². The lowest BCUT2D eigenvalue weighted by atomic mass is 9.96. The second-order valence-corrected chi connectivity index (χ2v) is 9.06. The lowest BCUT2D eigenvalue weighted by molar-refractivity contribution is 0.0421. The summed E-state index contributed by atoms with van der Waals surface area (Å²) in [4.78, 5) is 33.9. The van der Waals surface area contributed by atoms with Gasteiger partial charge in [0.05, 0.1) is 24.8 Å². The van der Waals surface area contributed by atoms with Crippen molar-refractivity contribution in [2.45, 2.75) is 32.9 Å². The molecule has 5 rings (SSSR count). The molecular weight excluding hydrogens is 467 g/mol. The summed E-state index contributed by atoms with van der Waals surface area (Å²) in [5.41, 5.74) is 1.94. The molecular formula is C24H27FN8O3. The molecule has 36 heavy (non-hydrogen) atoms. The van der Waals surface area contributed by atoms with Crippen molar-refractivity contribution in [3.05, 3.63) is 52.8 Å². The predicted octanol–water partition coefficient (Wildman–Crippen LogP) is 2.52. The number of fused-ring (bicyclic) bond motifs is 1. The summed E-state index contributed by atoms with van der Waals surface area (Å²) in [6.07, 6.45) is 0.526. The van der Waals surface area contributed by atoms with Crippen molar-refractivity contribution in [2.24, 2.45) is 0 Å². The van der Waals surface area contributed by atoms with E-state index in [0.717, 1.165) is 11.1 Å². The summed E-state index contributed by atoms with van der Waals surface area (Å²) in [6, 6.07) is 7.95. The van der Waals surface area contributed by atoms with Crippen LogP contribution in [-0.4, -0.2) is 79.8 Å². The van der Waals surface area contributed by atoms with Gasteiger partial charge in [0.1, 0.15) is 17.3 Å². The quantitative estimate of drug-likeness (QED) is 0.592. The van der Waals surface area contributed by atoms with Crippen molar-refractivity contribution in [1.82, 2.24) is 35.0 Å². The topological polar surface area (TPSA) is 118 Å². The number of ether oxygens (including phenoxy) is 1. The number of halogens is 1. The number of nitrogens with one attached hydrogen (secondary N) is 1. The third-order valence-electron chi connectivity index (χ3n) is 6.30. The summed E-state index contributed by atoms with van der Waals surface area (Å²) >= 11 is 0. The fourth-order valence-corrected chi connectivity index (χ4v) is 4.39. The summed E-state index contributed by atoms with van der Waals surface area (Å²) in [5.74, 6) is -0.526. The molecule has 0 unspecified atom stereocenters. The molecule has 0 radical (unpaired) electrons. The molecule has 2 aliphatic heterocycles. The van der Waals surface area contributed by atoms with E-state index in [-0.39, 0.29) is 23.5 Å². The number of benzene rings is 1. The van der Waals surface area contributed by atoms with E-state index in [1.165, 1.54) is 12.1 Å². The standard InChI is InChI=1S/C24H27FN8O3/c1-15(2)33-22(28-29-30-33)20-4-3-5-21(26-20)27-23(34)18-12-17-14-32(7-6-16(17)13-19(18)25)24(35)31-8-10-36-11-9-31/h3-5,12-13,15H,6-11,14H2,1-2H3,(H,26,27,34). The highest BCUT2D eigenvalue weighted by Crippen LogP contribution is 2.25. The molecule has 1 aromatic carbocycles. The summed E-state index contributed by atoms with van der Waals surface area (Å²) < 4.78 is 21.9. The fourth-order valence-electron chi connectivity index (χ4n) is 4.39. The zero-order valence-electron chi connectivity index (χ0n) is 20.1. The zero-order valence-corrected chi connectivity index (χ0v) is 20.1. The summed E-state index contributed by atoms with van der Waals surface area (Å²) in [5, 5.41) is 14.4. The first-order valence-corrected chi connectivity index (χ1v) is 11.9. The summed E-state index contributed by atoms with van der Waals surface area (Å²) in [6.45, 7) is 6.85. The predicted molar refractivity (Wildman–Crippen MR) is 128 cm³/mol. The highest BCUT2D eigenvalue weighted by atomic mass is 19.1. The van der Waals surface area contributed by atoms with Gasteiger partial charge in [-0.1, -0.05) is 6.07 Å². The number of carbonyl (C=O) groups excluding carboxylic acids is 2. The fraction of sp³-hybridized carbons (Fsp3) is 0.417. The average molecular weight is 495 g/mol. The third-order valence-corrected chi connectivity index (χ3v) is 6.30. The molecule has 0 spiro atoms. The van der Waals surface area contributed by atoms with Crippen LogP contribution in [0.25, 0.3) is 11.5 Å². The van der Waals surface area contributed by atoms with Gasteiger partial charge in [0.15, 0.2) is 0 Å². The van der Waals surface area contributed by atoms with Crippen LogP contribution in [0.15, 0.2) is 30.3 Å². The third kappa shape index (κ3) is 4.76. The molecule has 1 saturated heterocycles. The van der Waals surface area contributed by atoms with Crippen LogP contribution in [0.1, 0.15) is 41.4 Å². The number of pyridine rings is 1. The second-order valence-electron chi connectivity index (χ2n) is 9.06. The first-order valence-electron chi connectivity index (χ1n) is 11.9. The molecule has 0 saturated carbocycles. The number of hydrogen-bond acceptors (Lipinski definition) is 7. The molecule has 12 heteroatoms. The number of hydrogen-bond donors (Lipinski definition) is 1. The number of urea groups is 1. The minimum absolute atomic E-state index is 0.0225. The Morgan fingerprint density at radius 3 is 2.67 bits per heavy atom. The van der Waals surface area contributed by atoms with E-state index in [9.17, 15) is 14.0 Å². The van der Waals surface area contributed by atoms with Crippen LogP contribution >= 0.6 is 0 Å². The summed E-state index contributed by atoms with van der Waals surface area (Å²) in [7, 11) is 0. The van der Waals surface area contributed by atoms with Crippen LogP contribution in [0.2, 0.25) is 0 Å². The Hall–Kier alpha value is -3.93. The number of anilines is 1. The van der Waals surface area contributed by atoms with Crippen LogP contribution in [0.3, 0.4) is 0 Å². The lowest BCUT2D eigenvalue weighted by Crippen LogP contribution is -2.49. The molecule has 0 aliphatic carbocycles. The maximum atomic E-state index is 14.9.